The summed E-state index contributed by atoms with van der Waals surface area (Å²) in [5.41, 5.74) is 0. The molecule has 82 valence electrons. The number of nitrogens with one attached hydrogen (secondary N) is 1. The maximum Gasteiger partial charge on any atom is 0.227 e. The van der Waals surface area contributed by atoms with Crippen LogP contribution >= 0.6 is 27.3 Å². The minimum absolute atomic E-state index is 0.242. The van der Waals surface area contributed by atoms with Crippen LogP contribution in [0.15, 0.2) is 15.9 Å². The molecule has 1 amide bonds. The molecule has 0 saturated carbocycles. The monoisotopic (exact) mass is 288 g/mol. The summed E-state index contributed by atoms with van der Waals surface area (Å²) in [7, 11) is 0. The number of carbonyl (C=O) groups excluding carboxylic acids is 1. The average Bonchev–Trinajstić information content (AvgIpc) is 2.65. The summed E-state index contributed by atoms with van der Waals surface area (Å²) in [5, 5.41) is 5.25. The molecule has 0 atom stereocenters. The third kappa shape index (κ3) is 3.03. The highest BCUT2D eigenvalue weighted by atomic mass is 79.9. The molecule has 0 bridgehead atoms. The molecule has 1 aromatic heterocycles. The number of hydrogen-bond donors (Lipinski definition) is 1. The van der Waals surface area contributed by atoms with Gasteiger partial charge in [-0.15, -0.1) is 11.3 Å². The molecule has 5 heteroatoms. The molecule has 1 fully saturated rings. The second-order valence-electron chi connectivity index (χ2n) is 3.54. The highest BCUT2D eigenvalue weighted by Crippen LogP contribution is 2.20. The largest absolute Gasteiger partial charge is 0.340 e. The summed E-state index contributed by atoms with van der Waals surface area (Å²) in [6, 6.07) is 2.02. The van der Waals surface area contributed by atoms with Gasteiger partial charge in [-0.05, 0) is 22.0 Å². The van der Waals surface area contributed by atoms with Gasteiger partial charge in [0.1, 0.15) is 0 Å². The van der Waals surface area contributed by atoms with Crippen molar-refractivity contribution in [1.29, 1.82) is 0 Å². The molecule has 0 aliphatic carbocycles. The van der Waals surface area contributed by atoms with Crippen LogP contribution in [0.4, 0.5) is 0 Å². The molecular formula is C10H13BrN2OS. The van der Waals surface area contributed by atoms with Crippen molar-refractivity contribution >= 4 is 33.2 Å². The average molecular weight is 289 g/mol. The minimum atomic E-state index is 0.242. The summed E-state index contributed by atoms with van der Waals surface area (Å²) in [6.45, 7) is 3.51. The second-order valence-corrected chi connectivity index (χ2v) is 5.45. The molecule has 1 saturated heterocycles. The zero-order valence-electron chi connectivity index (χ0n) is 8.33. The number of rotatable bonds is 2. The lowest BCUT2D eigenvalue weighted by Gasteiger charge is -2.27. The molecule has 1 N–H and O–H groups in total. The number of nitrogens with zero attached hydrogens (tertiary/aromatic N) is 1. The van der Waals surface area contributed by atoms with Crippen LogP contribution in [-0.4, -0.2) is 37.0 Å². The predicted octanol–water partition coefficient (Wildman–Crippen LogP) is 1.48. The van der Waals surface area contributed by atoms with Gasteiger partial charge in [-0.25, -0.2) is 0 Å². The fourth-order valence-electron chi connectivity index (χ4n) is 1.62. The topological polar surface area (TPSA) is 32.3 Å². The summed E-state index contributed by atoms with van der Waals surface area (Å²) < 4.78 is 1.07. The van der Waals surface area contributed by atoms with Crippen LogP contribution < -0.4 is 5.32 Å². The van der Waals surface area contributed by atoms with Crippen LogP contribution in [0, 0.1) is 0 Å². The Bertz CT molecular complexity index is 347. The van der Waals surface area contributed by atoms with Crippen LogP contribution in [0.3, 0.4) is 0 Å². The summed E-state index contributed by atoms with van der Waals surface area (Å²) in [6.07, 6.45) is 0.538. The molecule has 0 aromatic carbocycles. The van der Waals surface area contributed by atoms with Gasteiger partial charge < -0.3 is 10.2 Å². The molecule has 1 aromatic rings. The molecule has 0 radical (unpaired) electrons. The van der Waals surface area contributed by atoms with E-state index in [1.165, 1.54) is 0 Å². The Morgan fingerprint density at radius 3 is 2.87 bits per heavy atom. The molecule has 1 aliphatic heterocycles. The molecule has 2 rings (SSSR count). The third-order valence-electron chi connectivity index (χ3n) is 2.42. The maximum absolute atomic E-state index is 11.9. The standard InChI is InChI=1S/C10H13BrN2OS/c11-8-5-9(15-7-8)6-10(14)13-3-1-12-2-4-13/h5,7,12H,1-4,6H2. The van der Waals surface area contributed by atoms with E-state index in [-0.39, 0.29) is 5.91 Å². The van der Waals surface area contributed by atoms with E-state index in [2.05, 4.69) is 21.2 Å². The van der Waals surface area contributed by atoms with Crippen molar-refractivity contribution in [1.82, 2.24) is 10.2 Å². The third-order valence-corrected chi connectivity index (χ3v) is 4.11. The second kappa shape index (κ2) is 5.09. The quantitative estimate of drug-likeness (QED) is 0.894. The highest BCUT2D eigenvalue weighted by Gasteiger charge is 2.16. The number of hydrogen-bond acceptors (Lipinski definition) is 3. The van der Waals surface area contributed by atoms with Crippen molar-refractivity contribution in [3.63, 3.8) is 0 Å². The number of piperazine rings is 1. The Labute approximate surface area is 102 Å². The normalized spacial score (nSPS) is 16.7. The van der Waals surface area contributed by atoms with Gasteiger partial charge in [0.05, 0.1) is 6.42 Å². The van der Waals surface area contributed by atoms with Crippen molar-refractivity contribution < 1.29 is 4.79 Å². The van der Waals surface area contributed by atoms with Crippen molar-refractivity contribution in [2.75, 3.05) is 26.2 Å². The van der Waals surface area contributed by atoms with E-state index >= 15 is 0 Å². The van der Waals surface area contributed by atoms with Gasteiger partial charge in [-0.2, -0.15) is 0 Å². The van der Waals surface area contributed by atoms with Gasteiger partial charge in [0.25, 0.3) is 0 Å². The number of amides is 1. The first-order valence-corrected chi connectivity index (χ1v) is 6.64. The Balaban J connectivity index is 1.91. The van der Waals surface area contributed by atoms with E-state index in [1.54, 1.807) is 11.3 Å². The van der Waals surface area contributed by atoms with Gasteiger partial charge in [0.2, 0.25) is 5.91 Å². The zero-order valence-corrected chi connectivity index (χ0v) is 10.7. The first-order valence-electron chi connectivity index (χ1n) is 4.97. The lowest BCUT2D eigenvalue weighted by Crippen LogP contribution is -2.46. The molecule has 0 spiro atoms. The number of carbonyl (C=O) groups is 1. The SMILES string of the molecule is O=C(Cc1cc(Br)cs1)N1CCNCC1. The van der Waals surface area contributed by atoms with E-state index in [1.807, 2.05) is 16.3 Å². The van der Waals surface area contributed by atoms with E-state index in [9.17, 15) is 4.79 Å². The summed E-state index contributed by atoms with van der Waals surface area (Å²) in [5.74, 6) is 0.242. The molecule has 0 unspecified atom stereocenters. The van der Waals surface area contributed by atoms with Crippen molar-refractivity contribution in [2.24, 2.45) is 0 Å². The lowest BCUT2D eigenvalue weighted by atomic mass is 10.3. The Kier molecular flexibility index (Phi) is 3.77. The van der Waals surface area contributed by atoms with E-state index < -0.39 is 0 Å². The fourth-order valence-corrected chi connectivity index (χ4v) is 3.06. The molecule has 3 nitrogen and oxygen atoms in total. The summed E-state index contributed by atoms with van der Waals surface area (Å²) in [4.78, 5) is 14.9. The Morgan fingerprint density at radius 2 is 2.27 bits per heavy atom. The Morgan fingerprint density at radius 1 is 1.53 bits per heavy atom. The predicted molar refractivity (Wildman–Crippen MR) is 65.2 cm³/mol. The van der Waals surface area contributed by atoms with Crippen molar-refractivity contribution in [2.45, 2.75) is 6.42 Å². The smallest absolute Gasteiger partial charge is 0.227 e. The number of thiophene rings is 1. The van der Waals surface area contributed by atoms with Gasteiger partial charge in [0, 0.05) is 40.9 Å². The van der Waals surface area contributed by atoms with Gasteiger partial charge in [-0.1, -0.05) is 0 Å². The number of halogens is 1. The van der Waals surface area contributed by atoms with Crippen LogP contribution in [0.5, 0.6) is 0 Å². The van der Waals surface area contributed by atoms with E-state index in [0.717, 1.165) is 35.5 Å². The van der Waals surface area contributed by atoms with Crippen LogP contribution in [0.1, 0.15) is 4.88 Å². The first-order chi connectivity index (χ1) is 7.25. The highest BCUT2D eigenvalue weighted by molar-refractivity contribution is 9.10. The van der Waals surface area contributed by atoms with Crippen molar-refractivity contribution in [3.05, 3.63) is 20.8 Å². The fraction of sp³-hybridized carbons (Fsp3) is 0.500. The first kappa shape index (κ1) is 11.1. The zero-order chi connectivity index (χ0) is 10.7. The van der Waals surface area contributed by atoms with Gasteiger partial charge in [-0.3, -0.25) is 4.79 Å². The summed E-state index contributed by atoms with van der Waals surface area (Å²) >= 11 is 5.03. The maximum atomic E-state index is 11.9. The van der Waals surface area contributed by atoms with Gasteiger partial charge >= 0.3 is 0 Å². The molecule has 15 heavy (non-hydrogen) atoms. The van der Waals surface area contributed by atoms with Crippen molar-refractivity contribution in [3.8, 4) is 0 Å². The minimum Gasteiger partial charge on any atom is -0.340 e. The van der Waals surface area contributed by atoms with E-state index in [4.69, 9.17) is 0 Å². The van der Waals surface area contributed by atoms with Gasteiger partial charge in [0.15, 0.2) is 0 Å². The van der Waals surface area contributed by atoms with E-state index in [0.29, 0.717) is 6.42 Å². The molecular weight excluding hydrogens is 276 g/mol. The lowest BCUT2D eigenvalue weighted by molar-refractivity contribution is -0.130. The molecule has 1 aliphatic rings. The Hall–Kier alpha value is -0.390. The molecule has 2 heterocycles. The van der Waals surface area contributed by atoms with Crippen LogP contribution in [-0.2, 0) is 11.2 Å². The van der Waals surface area contributed by atoms with Crippen LogP contribution in [0.2, 0.25) is 0 Å². The van der Waals surface area contributed by atoms with Crippen LogP contribution in [0.25, 0.3) is 0 Å².